The highest BCUT2D eigenvalue weighted by Gasteiger charge is 2.12. The van der Waals surface area contributed by atoms with E-state index in [9.17, 15) is 4.39 Å². The minimum absolute atomic E-state index is 0.268. The average Bonchev–Trinajstić information content (AvgIpc) is 2.46. The van der Waals surface area contributed by atoms with Crippen molar-refractivity contribution in [1.29, 1.82) is 0 Å². The molecule has 0 aromatic heterocycles. The number of ether oxygens (including phenoxy) is 2. The Bertz CT molecular complexity index is 392. The van der Waals surface area contributed by atoms with Crippen molar-refractivity contribution < 1.29 is 13.9 Å². The molecule has 0 bridgehead atoms. The highest BCUT2D eigenvalue weighted by atomic mass is 19.1. The molecule has 1 N–H and O–H groups in total. The van der Waals surface area contributed by atoms with Crippen LogP contribution in [0, 0.1) is 5.82 Å². The number of halogens is 1. The van der Waals surface area contributed by atoms with Crippen molar-refractivity contribution in [3.05, 3.63) is 29.6 Å². The van der Waals surface area contributed by atoms with Crippen LogP contribution in [0.5, 0.6) is 5.75 Å². The van der Waals surface area contributed by atoms with Crippen LogP contribution in [0.4, 0.5) is 4.39 Å². The normalized spacial score (nSPS) is 19.4. The second-order valence-corrected chi connectivity index (χ2v) is 4.95. The highest BCUT2D eigenvalue weighted by Crippen LogP contribution is 2.17. The molecule has 1 aromatic rings. The molecule has 1 aliphatic heterocycles. The summed E-state index contributed by atoms with van der Waals surface area (Å²) in [6.07, 6.45) is 4.79. The van der Waals surface area contributed by atoms with Gasteiger partial charge in [0.1, 0.15) is 11.6 Å². The van der Waals surface area contributed by atoms with Crippen molar-refractivity contribution in [3.8, 4) is 5.75 Å². The van der Waals surface area contributed by atoms with Crippen molar-refractivity contribution in [2.24, 2.45) is 0 Å². The minimum atomic E-state index is -0.268. The number of benzene rings is 1. The third-order valence-corrected chi connectivity index (χ3v) is 3.54. The fourth-order valence-corrected chi connectivity index (χ4v) is 2.35. The van der Waals surface area contributed by atoms with Crippen LogP contribution >= 0.6 is 0 Å². The van der Waals surface area contributed by atoms with E-state index in [-0.39, 0.29) is 5.82 Å². The van der Waals surface area contributed by atoms with Crippen LogP contribution < -0.4 is 10.1 Å². The number of nitrogens with one attached hydrogen (secondary N) is 1. The Hall–Kier alpha value is -1.13. The Morgan fingerprint density at radius 3 is 2.95 bits per heavy atom. The second kappa shape index (κ2) is 7.46. The lowest BCUT2D eigenvalue weighted by Crippen LogP contribution is -2.34. The number of hydrogen-bond donors (Lipinski definition) is 1. The summed E-state index contributed by atoms with van der Waals surface area (Å²) in [6, 6.07) is 5.42. The van der Waals surface area contributed by atoms with Gasteiger partial charge in [0.05, 0.1) is 13.7 Å². The summed E-state index contributed by atoms with van der Waals surface area (Å²) in [5, 5.41) is 3.47. The quantitative estimate of drug-likeness (QED) is 0.804. The van der Waals surface area contributed by atoms with Crippen LogP contribution in [0.3, 0.4) is 0 Å². The van der Waals surface area contributed by atoms with Crippen molar-refractivity contribution in [2.75, 3.05) is 20.3 Å². The van der Waals surface area contributed by atoms with E-state index in [0.29, 0.717) is 30.6 Å². The molecule has 1 aliphatic rings. The zero-order valence-electron chi connectivity index (χ0n) is 11.5. The maximum atomic E-state index is 13.6. The van der Waals surface area contributed by atoms with Gasteiger partial charge in [0.15, 0.2) is 0 Å². The van der Waals surface area contributed by atoms with Gasteiger partial charge in [-0.2, -0.15) is 0 Å². The molecule has 0 aliphatic carbocycles. The lowest BCUT2D eigenvalue weighted by atomic mass is 10.0. The first-order valence-corrected chi connectivity index (χ1v) is 6.93. The zero-order chi connectivity index (χ0) is 13.5. The molecular weight excluding hydrogens is 245 g/mol. The van der Waals surface area contributed by atoms with Gasteiger partial charge in [-0.15, -0.1) is 0 Å². The topological polar surface area (TPSA) is 30.5 Å². The summed E-state index contributed by atoms with van der Waals surface area (Å²) in [5.41, 5.74) is 0.581. The smallest absolute Gasteiger partial charge is 0.132 e. The fourth-order valence-electron chi connectivity index (χ4n) is 2.35. The second-order valence-electron chi connectivity index (χ2n) is 4.95. The molecule has 1 unspecified atom stereocenters. The van der Waals surface area contributed by atoms with E-state index in [2.05, 4.69) is 5.32 Å². The summed E-state index contributed by atoms with van der Waals surface area (Å²) in [6.45, 7) is 2.10. The molecule has 3 nitrogen and oxygen atoms in total. The number of piperidine rings is 1. The minimum Gasteiger partial charge on any atom is -0.497 e. The van der Waals surface area contributed by atoms with Gasteiger partial charge in [-0.25, -0.2) is 4.39 Å². The van der Waals surface area contributed by atoms with E-state index >= 15 is 0 Å². The molecule has 1 atom stereocenters. The SMILES string of the molecule is COc1ccc(COCCC2CCCCN2)c(F)c1. The third kappa shape index (κ3) is 4.48. The first-order chi connectivity index (χ1) is 9.29. The summed E-state index contributed by atoms with van der Waals surface area (Å²) < 4.78 is 24.2. The van der Waals surface area contributed by atoms with Crippen LogP contribution in [0.1, 0.15) is 31.2 Å². The molecule has 1 saturated heterocycles. The van der Waals surface area contributed by atoms with Crippen molar-refractivity contribution in [3.63, 3.8) is 0 Å². The van der Waals surface area contributed by atoms with E-state index in [0.717, 1.165) is 13.0 Å². The first kappa shape index (κ1) is 14.3. The Morgan fingerprint density at radius 1 is 1.37 bits per heavy atom. The molecule has 0 saturated carbocycles. The molecule has 1 aromatic carbocycles. The number of methoxy groups -OCH3 is 1. The molecule has 2 rings (SSSR count). The number of rotatable bonds is 6. The van der Waals surface area contributed by atoms with Crippen LogP contribution in [0.2, 0.25) is 0 Å². The predicted octanol–water partition coefficient (Wildman–Crippen LogP) is 2.88. The lowest BCUT2D eigenvalue weighted by molar-refractivity contribution is 0.106. The van der Waals surface area contributed by atoms with Gasteiger partial charge in [0, 0.05) is 24.3 Å². The van der Waals surface area contributed by atoms with Crippen LogP contribution in [0.15, 0.2) is 18.2 Å². The summed E-state index contributed by atoms with van der Waals surface area (Å²) >= 11 is 0. The van der Waals surface area contributed by atoms with E-state index in [1.54, 1.807) is 12.1 Å². The van der Waals surface area contributed by atoms with Crippen LogP contribution in [0.25, 0.3) is 0 Å². The molecule has 0 amide bonds. The van der Waals surface area contributed by atoms with E-state index < -0.39 is 0 Å². The number of hydrogen-bond acceptors (Lipinski definition) is 3. The van der Waals surface area contributed by atoms with Crippen molar-refractivity contribution in [1.82, 2.24) is 5.32 Å². The predicted molar refractivity (Wildman–Crippen MR) is 72.9 cm³/mol. The van der Waals surface area contributed by atoms with Gasteiger partial charge in [0.25, 0.3) is 0 Å². The van der Waals surface area contributed by atoms with Crippen LogP contribution in [-0.4, -0.2) is 26.3 Å². The van der Waals surface area contributed by atoms with Gasteiger partial charge < -0.3 is 14.8 Å². The standard InChI is InChI=1S/C15H22FNO2/c1-18-14-6-5-12(15(16)10-14)11-19-9-7-13-4-2-3-8-17-13/h5-6,10,13,17H,2-4,7-9,11H2,1H3. The highest BCUT2D eigenvalue weighted by molar-refractivity contribution is 5.28. The van der Waals surface area contributed by atoms with Gasteiger partial charge in [0.2, 0.25) is 0 Å². The largest absolute Gasteiger partial charge is 0.497 e. The Balaban J connectivity index is 1.70. The van der Waals surface area contributed by atoms with Gasteiger partial charge >= 0.3 is 0 Å². The lowest BCUT2D eigenvalue weighted by Gasteiger charge is -2.23. The Morgan fingerprint density at radius 2 is 2.26 bits per heavy atom. The molecule has 106 valence electrons. The van der Waals surface area contributed by atoms with Crippen LogP contribution in [-0.2, 0) is 11.3 Å². The molecule has 0 spiro atoms. The summed E-state index contributed by atoms with van der Waals surface area (Å²) in [4.78, 5) is 0. The van der Waals surface area contributed by atoms with E-state index in [1.165, 1.54) is 32.4 Å². The maximum Gasteiger partial charge on any atom is 0.132 e. The first-order valence-electron chi connectivity index (χ1n) is 6.93. The molecular formula is C15H22FNO2. The van der Waals surface area contributed by atoms with Gasteiger partial charge in [-0.05, 0) is 31.9 Å². The van der Waals surface area contributed by atoms with Crippen molar-refractivity contribution >= 4 is 0 Å². The monoisotopic (exact) mass is 267 g/mol. The molecule has 4 heteroatoms. The summed E-state index contributed by atoms with van der Waals surface area (Å²) in [7, 11) is 1.53. The molecule has 0 radical (unpaired) electrons. The van der Waals surface area contributed by atoms with Gasteiger partial charge in [-0.1, -0.05) is 12.5 Å². The molecule has 1 heterocycles. The Labute approximate surface area is 114 Å². The van der Waals surface area contributed by atoms with E-state index in [4.69, 9.17) is 9.47 Å². The average molecular weight is 267 g/mol. The van der Waals surface area contributed by atoms with Crippen molar-refractivity contribution in [2.45, 2.75) is 38.3 Å². The Kier molecular flexibility index (Phi) is 5.61. The maximum absolute atomic E-state index is 13.6. The fraction of sp³-hybridized carbons (Fsp3) is 0.600. The zero-order valence-corrected chi connectivity index (χ0v) is 11.5. The summed E-state index contributed by atoms with van der Waals surface area (Å²) in [5.74, 6) is 0.266. The van der Waals surface area contributed by atoms with Gasteiger partial charge in [-0.3, -0.25) is 0 Å². The molecule has 1 fully saturated rings. The van der Waals surface area contributed by atoms with E-state index in [1.807, 2.05) is 0 Å². The molecule has 19 heavy (non-hydrogen) atoms. The third-order valence-electron chi connectivity index (χ3n) is 3.54.